The van der Waals surface area contributed by atoms with Crippen LogP contribution >= 0.6 is 34.3 Å². The summed E-state index contributed by atoms with van der Waals surface area (Å²) in [5, 5.41) is 9.34. The van der Waals surface area contributed by atoms with Gasteiger partial charge in [-0.25, -0.2) is 15.0 Å². The number of anilines is 2. The number of aromatic nitrogens is 3. The topological polar surface area (TPSA) is 50.7 Å². The van der Waals surface area contributed by atoms with E-state index in [0.29, 0.717) is 10.8 Å². The predicted molar refractivity (Wildman–Crippen MR) is 75.8 cm³/mol. The third kappa shape index (κ3) is 2.50. The first-order valence-corrected chi connectivity index (χ1v) is 7.19. The van der Waals surface area contributed by atoms with Gasteiger partial charge in [-0.1, -0.05) is 11.6 Å². The van der Waals surface area contributed by atoms with E-state index in [9.17, 15) is 0 Å². The largest absolute Gasteiger partial charge is 0.316 e. The Bertz CT molecular complexity index is 651. The van der Waals surface area contributed by atoms with Gasteiger partial charge in [0.1, 0.15) is 16.5 Å². The first-order valence-electron chi connectivity index (χ1n) is 5.05. The maximum Gasteiger partial charge on any atom is 0.188 e. The molecule has 0 radical (unpaired) electrons. The molecule has 18 heavy (non-hydrogen) atoms. The predicted octanol–water partition coefficient (Wildman–Crippen LogP) is 4.06. The molecule has 0 spiro atoms. The number of pyridine rings is 1. The Morgan fingerprint density at radius 3 is 2.89 bits per heavy atom. The van der Waals surface area contributed by atoms with Crippen LogP contribution in [0.15, 0.2) is 35.3 Å². The molecule has 3 rings (SSSR count). The van der Waals surface area contributed by atoms with Crippen LogP contribution in [0.25, 0.3) is 10.7 Å². The molecule has 90 valence electrons. The normalized spacial score (nSPS) is 10.5. The fourth-order valence-corrected chi connectivity index (χ4v) is 2.90. The molecule has 0 aliphatic rings. The van der Waals surface area contributed by atoms with E-state index in [0.717, 1.165) is 15.8 Å². The molecule has 0 atom stereocenters. The number of thiazole rings is 2. The molecule has 0 saturated carbocycles. The molecule has 0 saturated heterocycles. The quantitative estimate of drug-likeness (QED) is 0.791. The number of halogens is 1. The molecule has 0 bridgehead atoms. The summed E-state index contributed by atoms with van der Waals surface area (Å²) in [6.07, 6.45) is 3.42. The fourth-order valence-electron chi connectivity index (χ4n) is 1.36. The van der Waals surface area contributed by atoms with Crippen molar-refractivity contribution in [1.29, 1.82) is 0 Å². The van der Waals surface area contributed by atoms with Crippen LogP contribution in [0.5, 0.6) is 0 Å². The summed E-state index contributed by atoms with van der Waals surface area (Å²) in [6, 6.07) is 3.49. The zero-order valence-corrected chi connectivity index (χ0v) is 11.4. The van der Waals surface area contributed by atoms with Crippen molar-refractivity contribution in [2.24, 2.45) is 0 Å². The van der Waals surface area contributed by atoms with Crippen LogP contribution in [0, 0.1) is 0 Å². The van der Waals surface area contributed by atoms with Crippen molar-refractivity contribution >= 4 is 45.2 Å². The highest BCUT2D eigenvalue weighted by Gasteiger charge is 2.07. The molecule has 1 N–H and O–H groups in total. The highest BCUT2D eigenvalue weighted by atomic mass is 35.5. The second-order valence-electron chi connectivity index (χ2n) is 3.36. The summed E-state index contributed by atoms with van der Waals surface area (Å²) >= 11 is 8.97. The van der Waals surface area contributed by atoms with Crippen LogP contribution in [-0.4, -0.2) is 15.0 Å². The average Bonchev–Trinajstić information content (AvgIpc) is 2.98. The van der Waals surface area contributed by atoms with Gasteiger partial charge in [0.15, 0.2) is 5.13 Å². The number of nitrogens with zero attached hydrogens (tertiary/aromatic N) is 3. The summed E-state index contributed by atoms with van der Waals surface area (Å²) in [7, 11) is 0. The zero-order valence-electron chi connectivity index (χ0n) is 9.00. The maximum atomic E-state index is 5.89. The van der Waals surface area contributed by atoms with Crippen LogP contribution in [-0.2, 0) is 0 Å². The van der Waals surface area contributed by atoms with Crippen molar-refractivity contribution in [2.75, 3.05) is 5.32 Å². The van der Waals surface area contributed by atoms with Gasteiger partial charge in [-0.2, -0.15) is 0 Å². The summed E-state index contributed by atoms with van der Waals surface area (Å²) < 4.78 is 0. The van der Waals surface area contributed by atoms with Gasteiger partial charge in [-0.05, 0) is 12.1 Å². The SMILES string of the molecule is Clc1ccnc(Nc2nc(-c3nccs3)cs2)c1. The van der Waals surface area contributed by atoms with Gasteiger partial charge in [0.25, 0.3) is 0 Å². The minimum absolute atomic E-state index is 0.643. The van der Waals surface area contributed by atoms with Gasteiger partial charge in [-0.15, -0.1) is 22.7 Å². The fraction of sp³-hybridized carbons (Fsp3) is 0. The van der Waals surface area contributed by atoms with Crippen molar-refractivity contribution in [3.05, 3.63) is 40.3 Å². The Kier molecular flexibility index (Phi) is 3.22. The van der Waals surface area contributed by atoms with Crippen LogP contribution in [0.2, 0.25) is 5.02 Å². The van der Waals surface area contributed by atoms with Gasteiger partial charge >= 0.3 is 0 Å². The minimum Gasteiger partial charge on any atom is -0.316 e. The highest BCUT2D eigenvalue weighted by molar-refractivity contribution is 7.15. The van der Waals surface area contributed by atoms with Crippen molar-refractivity contribution in [1.82, 2.24) is 15.0 Å². The molecule has 4 nitrogen and oxygen atoms in total. The smallest absolute Gasteiger partial charge is 0.188 e. The summed E-state index contributed by atoms with van der Waals surface area (Å²) in [4.78, 5) is 12.8. The van der Waals surface area contributed by atoms with Gasteiger partial charge in [-0.3, -0.25) is 0 Å². The van der Waals surface area contributed by atoms with Crippen LogP contribution in [0.4, 0.5) is 10.9 Å². The van der Waals surface area contributed by atoms with E-state index in [1.54, 1.807) is 35.9 Å². The van der Waals surface area contributed by atoms with E-state index in [2.05, 4.69) is 20.3 Å². The molecule has 0 aromatic carbocycles. The van der Waals surface area contributed by atoms with Crippen molar-refractivity contribution in [3.8, 4) is 10.7 Å². The monoisotopic (exact) mass is 294 g/mol. The molecule has 0 unspecified atom stereocenters. The third-order valence-corrected chi connectivity index (χ3v) is 3.90. The highest BCUT2D eigenvalue weighted by Crippen LogP contribution is 2.28. The molecule has 0 amide bonds. The Morgan fingerprint density at radius 2 is 2.11 bits per heavy atom. The molecule has 0 aliphatic carbocycles. The third-order valence-electron chi connectivity index (χ3n) is 2.11. The molecule has 3 aromatic rings. The Hall–Kier alpha value is -1.50. The average molecular weight is 295 g/mol. The van der Waals surface area contributed by atoms with E-state index in [1.807, 2.05) is 10.8 Å². The second-order valence-corrected chi connectivity index (χ2v) is 5.55. The lowest BCUT2D eigenvalue weighted by molar-refractivity contribution is 1.28. The molecule has 0 fully saturated rings. The van der Waals surface area contributed by atoms with Gasteiger partial charge in [0.05, 0.1) is 0 Å². The van der Waals surface area contributed by atoms with E-state index in [4.69, 9.17) is 11.6 Å². The van der Waals surface area contributed by atoms with Crippen LogP contribution < -0.4 is 5.32 Å². The maximum absolute atomic E-state index is 5.89. The van der Waals surface area contributed by atoms with Gasteiger partial charge < -0.3 is 5.32 Å². The van der Waals surface area contributed by atoms with Crippen LogP contribution in [0.3, 0.4) is 0 Å². The Labute approximate surface area is 116 Å². The summed E-state index contributed by atoms with van der Waals surface area (Å²) in [5.41, 5.74) is 0.875. The standard InChI is InChI=1S/C11H7ClN4S2/c12-7-1-2-13-9(5-7)16-11-15-8(6-18-11)10-14-3-4-17-10/h1-6H,(H,13,15,16). The zero-order chi connectivity index (χ0) is 12.4. The molecular formula is C11H7ClN4S2. The van der Waals surface area contributed by atoms with Crippen LogP contribution in [0.1, 0.15) is 0 Å². The van der Waals surface area contributed by atoms with E-state index < -0.39 is 0 Å². The number of nitrogens with one attached hydrogen (secondary N) is 1. The van der Waals surface area contributed by atoms with Crippen molar-refractivity contribution < 1.29 is 0 Å². The number of rotatable bonds is 3. The molecule has 0 aliphatic heterocycles. The molecular weight excluding hydrogens is 288 g/mol. The van der Waals surface area contributed by atoms with E-state index in [-0.39, 0.29) is 0 Å². The molecule has 7 heteroatoms. The lowest BCUT2D eigenvalue weighted by atomic mass is 10.4. The van der Waals surface area contributed by atoms with Gasteiger partial charge in [0, 0.05) is 28.2 Å². The molecule has 3 heterocycles. The van der Waals surface area contributed by atoms with E-state index in [1.165, 1.54) is 11.3 Å². The lowest BCUT2D eigenvalue weighted by Gasteiger charge is -2.00. The van der Waals surface area contributed by atoms with Crippen molar-refractivity contribution in [3.63, 3.8) is 0 Å². The number of hydrogen-bond donors (Lipinski definition) is 1. The summed E-state index contributed by atoms with van der Waals surface area (Å²) in [5.74, 6) is 0.683. The van der Waals surface area contributed by atoms with Crippen molar-refractivity contribution in [2.45, 2.75) is 0 Å². The number of hydrogen-bond acceptors (Lipinski definition) is 6. The Morgan fingerprint density at radius 1 is 1.17 bits per heavy atom. The first-order chi connectivity index (χ1) is 8.81. The van der Waals surface area contributed by atoms with Gasteiger partial charge in [0.2, 0.25) is 0 Å². The lowest BCUT2D eigenvalue weighted by Crippen LogP contribution is -1.92. The minimum atomic E-state index is 0.643. The first kappa shape index (κ1) is 11.6. The second kappa shape index (κ2) is 5.01. The van der Waals surface area contributed by atoms with E-state index >= 15 is 0 Å². The molecule has 3 aromatic heterocycles. The summed E-state index contributed by atoms with van der Waals surface area (Å²) in [6.45, 7) is 0. The Balaban J connectivity index is 1.82.